The van der Waals surface area contributed by atoms with E-state index in [1.54, 1.807) is 0 Å². The molecular weight excluding hydrogens is 292 g/mol. The first-order chi connectivity index (χ1) is 11.2. The van der Waals surface area contributed by atoms with Crippen molar-refractivity contribution in [1.82, 2.24) is 14.4 Å². The number of para-hydroxylation sites is 1. The number of nitrogens with zero attached hydrogens (tertiary/aromatic N) is 4. The number of aliphatic hydroxyl groups excluding tert-OH is 1. The zero-order valence-corrected chi connectivity index (χ0v) is 13.5. The topological polar surface area (TPSA) is 64.2 Å². The summed E-state index contributed by atoms with van der Waals surface area (Å²) in [6, 6.07) is 7.95. The average molecular weight is 316 g/mol. The van der Waals surface area contributed by atoms with Crippen LogP contribution in [0.4, 0.5) is 0 Å². The summed E-state index contributed by atoms with van der Waals surface area (Å²) < 4.78 is 2.03. The fourth-order valence-electron chi connectivity index (χ4n) is 3.20. The lowest BCUT2D eigenvalue weighted by Gasteiger charge is -2.33. The third kappa shape index (κ3) is 3.72. The van der Waals surface area contributed by atoms with Crippen LogP contribution in [0.25, 0.3) is 10.9 Å². The molecule has 1 aliphatic heterocycles. The van der Waals surface area contributed by atoms with Crippen molar-refractivity contribution in [2.45, 2.75) is 12.6 Å². The van der Waals surface area contributed by atoms with E-state index in [4.69, 9.17) is 5.21 Å². The monoisotopic (exact) mass is 316 g/mol. The first-order valence-electron chi connectivity index (χ1n) is 8.01. The third-order valence-corrected chi connectivity index (χ3v) is 4.49. The van der Waals surface area contributed by atoms with Gasteiger partial charge in [0.05, 0.1) is 12.3 Å². The summed E-state index contributed by atoms with van der Waals surface area (Å²) in [5.74, 6) is 0. The molecular formula is C17H24N4O2. The van der Waals surface area contributed by atoms with Crippen molar-refractivity contribution in [3.63, 3.8) is 0 Å². The second-order valence-corrected chi connectivity index (χ2v) is 6.26. The van der Waals surface area contributed by atoms with Gasteiger partial charge in [0.15, 0.2) is 0 Å². The second kappa shape index (κ2) is 7.12. The van der Waals surface area contributed by atoms with Crippen molar-refractivity contribution < 1.29 is 10.3 Å². The minimum absolute atomic E-state index is 0.423. The molecule has 0 aliphatic carbocycles. The highest BCUT2D eigenvalue weighted by atomic mass is 16.4. The molecule has 0 radical (unpaired) electrons. The quantitative estimate of drug-likeness (QED) is 0.492. The fourth-order valence-corrected chi connectivity index (χ4v) is 3.20. The van der Waals surface area contributed by atoms with Crippen LogP contribution in [0.5, 0.6) is 0 Å². The molecule has 1 aromatic carbocycles. The van der Waals surface area contributed by atoms with Crippen molar-refractivity contribution in [1.29, 1.82) is 0 Å². The lowest BCUT2D eigenvalue weighted by molar-refractivity contribution is 0.0717. The van der Waals surface area contributed by atoms with Gasteiger partial charge in [0.2, 0.25) is 0 Å². The summed E-state index contributed by atoms with van der Waals surface area (Å²) in [4.78, 5) is 4.62. The number of benzene rings is 1. The van der Waals surface area contributed by atoms with E-state index in [2.05, 4.69) is 22.0 Å². The molecule has 1 aliphatic rings. The highest BCUT2D eigenvalue weighted by molar-refractivity contribution is 5.99. The summed E-state index contributed by atoms with van der Waals surface area (Å²) in [6.07, 6.45) is 2.94. The van der Waals surface area contributed by atoms with Gasteiger partial charge in [0, 0.05) is 61.9 Å². The summed E-state index contributed by atoms with van der Waals surface area (Å²) in [5, 5.41) is 23.4. The van der Waals surface area contributed by atoms with Gasteiger partial charge in [-0.1, -0.05) is 23.4 Å². The Morgan fingerprint density at radius 3 is 2.65 bits per heavy atom. The highest BCUT2D eigenvalue weighted by Crippen LogP contribution is 2.20. The van der Waals surface area contributed by atoms with E-state index >= 15 is 0 Å². The van der Waals surface area contributed by atoms with Crippen LogP contribution in [-0.4, -0.2) is 76.8 Å². The summed E-state index contributed by atoms with van der Waals surface area (Å²) >= 11 is 0. The van der Waals surface area contributed by atoms with Gasteiger partial charge in [-0.15, -0.1) is 0 Å². The van der Waals surface area contributed by atoms with Crippen molar-refractivity contribution in [3.05, 3.63) is 36.0 Å². The molecule has 1 fully saturated rings. The van der Waals surface area contributed by atoms with Gasteiger partial charge in [-0.25, -0.2) is 0 Å². The molecule has 2 aromatic rings. The Balaban J connectivity index is 1.71. The standard InChI is InChI=1S/C17H24N4O2/c1-19-6-8-20(9-7-19)12-15(22)13-21-11-14(10-18-23)16-4-2-3-5-17(16)21/h2-5,10-11,15,22-23H,6-9,12-13H2,1H3/b18-10-. The molecule has 124 valence electrons. The first-order valence-corrected chi connectivity index (χ1v) is 8.01. The van der Waals surface area contributed by atoms with E-state index in [9.17, 15) is 5.11 Å². The molecule has 23 heavy (non-hydrogen) atoms. The summed E-state index contributed by atoms with van der Waals surface area (Å²) in [5.41, 5.74) is 1.90. The van der Waals surface area contributed by atoms with Crippen LogP contribution in [0.1, 0.15) is 5.56 Å². The summed E-state index contributed by atoms with van der Waals surface area (Å²) in [7, 11) is 2.13. The van der Waals surface area contributed by atoms with Crippen LogP contribution in [-0.2, 0) is 6.54 Å². The number of β-amino-alcohol motifs (C(OH)–C–C–N with tert-alkyl or cyclic N) is 1. The van der Waals surface area contributed by atoms with Gasteiger partial charge in [0.1, 0.15) is 0 Å². The van der Waals surface area contributed by atoms with Crippen molar-refractivity contribution in [2.75, 3.05) is 39.8 Å². The number of aliphatic hydroxyl groups is 1. The predicted octanol–water partition coefficient (Wildman–Crippen LogP) is 1.06. The van der Waals surface area contributed by atoms with E-state index < -0.39 is 6.10 Å². The molecule has 1 aromatic heterocycles. The normalized spacial score (nSPS) is 18.9. The molecule has 0 spiro atoms. The van der Waals surface area contributed by atoms with Crippen LogP contribution < -0.4 is 0 Å². The Morgan fingerprint density at radius 2 is 1.91 bits per heavy atom. The maximum absolute atomic E-state index is 10.5. The molecule has 6 heteroatoms. The zero-order valence-electron chi connectivity index (χ0n) is 13.5. The molecule has 0 amide bonds. The number of aromatic nitrogens is 1. The van der Waals surface area contributed by atoms with Gasteiger partial charge in [-0.3, -0.25) is 4.90 Å². The molecule has 1 saturated heterocycles. The SMILES string of the molecule is CN1CCN(CC(O)Cn2cc(/C=N\O)c3ccccc32)CC1. The van der Waals surface area contributed by atoms with Gasteiger partial charge in [-0.2, -0.15) is 0 Å². The number of hydrogen-bond donors (Lipinski definition) is 2. The Kier molecular flexibility index (Phi) is 4.95. The molecule has 0 saturated carbocycles. The van der Waals surface area contributed by atoms with Crippen molar-refractivity contribution in [3.8, 4) is 0 Å². The molecule has 3 rings (SSSR count). The minimum Gasteiger partial charge on any atom is -0.411 e. The van der Waals surface area contributed by atoms with Gasteiger partial charge < -0.3 is 19.8 Å². The van der Waals surface area contributed by atoms with Crippen LogP contribution in [0.3, 0.4) is 0 Å². The largest absolute Gasteiger partial charge is 0.411 e. The zero-order chi connectivity index (χ0) is 16.2. The Hall–Kier alpha value is -1.89. The van der Waals surface area contributed by atoms with E-state index in [0.717, 1.165) is 42.6 Å². The number of rotatable bonds is 5. The number of oxime groups is 1. The molecule has 2 N–H and O–H groups in total. The molecule has 1 unspecified atom stereocenters. The second-order valence-electron chi connectivity index (χ2n) is 6.26. The average Bonchev–Trinajstić information content (AvgIpc) is 2.88. The van der Waals surface area contributed by atoms with E-state index in [0.29, 0.717) is 13.1 Å². The first kappa shape index (κ1) is 16.0. The molecule has 0 bridgehead atoms. The smallest absolute Gasteiger partial charge is 0.0845 e. The van der Waals surface area contributed by atoms with Gasteiger partial charge in [-0.05, 0) is 13.1 Å². The molecule has 2 heterocycles. The maximum Gasteiger partial charge on any atom is 0.0845 e. The number of piperazine rings is 1. The lowest BCUT2D eigenvalue weighted by Crippen LogP contribution is -2.47. The Bertz CT molecular complexity index is 674. The minimum atomic E-state index is -0.423. The number of hydrogen-bond acceptors (Lipinski definition) is 5. The van der Waals surface area contributed by atoms with E-state index in [1.807, 2.05) is 35.0 Å². The number of likely N-dealkylation sites (N-methyl/N-ethyl adjacent to an activating group) is 1. The van der Waals surface area contributed by atoms with Gasteiger partial charge >= 0.3 is 0 Å². The third-order valence-electron chi connectivity index (χ3n) is 4.49. The van der Waals surface area contributed by atoms with E-state index in [1.165, 1.54) is 6.21 Å². The predicted molar refractivity (Wildman–Crippen MR) is 91.3 cm³/mol. The molecule has 1 atom stereocenters. The van der Waals surface area contributed by atoms with Crippen LogP contribution in [0.2, 0.25) is 0 Å². The van der Waals surface area contributed by atoms with E-state index in [-0.39, 0.29) is 0 Å². The maximum atomic E-state index is 10.5. The Morgan fingerprint density at radius 1 is 1.17 bits per heavy atom. The van der Waals surface area contributed by atoms with Crippen LogP contribution in [0, 0.1) is 0 Å². The van der Waals surface area contributed by atoms with Gasteiger partial charge in [0.25, 0.3) is 0 Å². The highest BCUT2D eigenvalue weighted by Gasteiger charge is 2.18. The number of fused-ring (bicyclic) bond motifs is 1. The van der Waals surface area contributed by atoms with Crippen LogP contribution in [0.15, 0.2) is 35.6 Å². The van der Waals surface area contributed by atoms with Crippen LogP contribution >= 0.6 is 0 Å². The summed E-state index contributed by atoms with van der Waals surface area (Å²) in [6.45, 7) is 5.33. The molecule has 6 nitrogen and oxygen atoms in total. The Labute approximate surface area is 136 Å². The van der Waals surface area contributed by atoms with Crippen molar-refractivity contribution >= 4 is 17.1 Å². The fraction of sp³-hybridized carbons (Fsp3) is 0.471. The van der Waals surface area contributed by atoms with Crippen molar-refractivity contribution in [2.24, 2.45) is 5.16 Å². The lowest BCUT2D eigenvalue weighted by atomic mass is 10.2.